The Morgan fingerprint density at radius 1 is 1.05 bits per heavy atom. The molecule has 0 unspecified atom stereocenters. The van der Waals surface area contributed by atoms with Crippen molar-refractivity contribution in [3.63, 3.8) is 0 Å². The zero-order chi connectivity index (χ0) is 25.9. The smallest absolute Gasteiger partial charge is 0.294 e. The molecule has 3 aromatic heterocycles. The maximum Gasteiger partial charge on any atom is 0.294 e. The van der Waals surface area contributed by atoms with Crippen molar-refractivity contribution in [2.24, 2.45) is 5.92 Å². The number of hydrogen-bond acceptors (Lipinski definition) is 8. The molecule has 11 heteroatoms. The van der Waals surface area contributed by atoms with Gasteiger partial charge in [-0.05, 0) is 49.9 Å². The van der Waals surface area contributed by atoms with Gasteiger partial charge in [-0.25, -0.2) is 9.97 Å². The first-order chi connectivity index (χ1) is 17.9. The number of aromatic nitrogens is 2. The predicted octanol–water partition coefficient (Wildman–Crippen LogP) is 4.02. The standard InChI is InChI=1S/C26H31ClN6O4/c1-32(2)21-10-8-19-22(30-21)23(24(37-19)26(35)29-20-9-5-17(27)15-28-20)31-25(34)16-3-6-18(7-4-16)33-11-13-36-14-12-33/h5,8-10,15-16,18H,3-4,6-7,11-14H2,1-2H3,(H,31,34)(H,28,29,35). The van der Waals surface area contributed by atoms with E-state index in [0.717, 1.165) is 52.0 Å². The van der Waals surface area contributed by atoms with E-state index >= 15 is 0 Å². The Labute approximate surface area is 220 Å². The SMILES string of the molecule is CN(C)c1ccc2oc(C(=O)Nc3ccc(Cl)cn3)c(NC(=O)C3CCC(N4CCOCC4)CC3)c2n1. The average molecular weight is 527 g/mol. The fourth-order valence-corrected chi connectivity index (χ4v) is 5.10. The van der Waals surface area contributed by atoms with Crippen molar-refractivity contribution in [2.75, 3.05) is 55.9 Å². The van der Waals surface area contributed by atoms with Crippen molar-refractivity contribution < 1.29 is 18.7 Å². The number of rotatable bonds is 6. The van der Waals surface area contributed by atoms with Crippen LogP contribution < -0.4 is 15.5 Å². The van der Waals surface area contributed by atoms with Gasteiger partial charge in [0.15, 0.2) is 5.58 Å². The highest BCUT2D eigenvalue weighted by atomic mass is 35.5. The number of hydrogen-bond donors (Lipinski definition) is 2. The summed E-state index contributed by atoms with van der Waals surface area (Å²) in [5.74, 6) is 0.166. The molecule has 4 heterocycles. The van der Waals surface area contributed by atoms with E-state index in [0.29, 0.717) is 33.8 Å². The number of carbonyl (C=O) groups is 2. The van der Waals surface area contributed by atoms with Gasteiger partial charge in [-0.3, -0.25) is 14.5 Å². The van der Waals surface area contributed by atoms with Gasteiger partial charge < -0.3 is 24.7 Å². The fraction of sp³-hybridized carbons (Fsp3) is 0.462. The van der Waals surface area contributed by atoms with Gasteiger partial charge in [0.1, 0.15) is 22.8 Å². The number of fused-ring (bicyclic) bond motifs is 1. The van der Waals surface area contributed by atoms with Crippen molar-refractivity contribution in [2.45, 2.75) is 31.7 Å². The molecule has 3 aromatic rings. The van der Waals surface area contributed by atoms with Crippen LogP contribution in [0.2, 0.25) is 5.02 Å². The highest BCUT2D eigenvalue weighted by Crippen LogP contribution is 2.34. The molecule has 2 N–H and O–H groups in total. The van der Waals surface area contributed by atoms with E-state index < -0.39 is 5.91 Å². The lowest BCUT2D eigenvalue weighted by Crippen LogP contribution is -2.45. The minimum absolute atomic E-state index is 0.0227. The molecule has 10 nitrogen and oxygen atoms in total. The lowest BCUT2D eigenvalue weighted by molar-refractivity contribution is -0.121. The van der Waals surface area contributed by atoms with E-state index in [2.05, 4.69) is 25.5 Å². The van der Waals surface area contributed by atoms with Crippen LogP contribution in [0.1, 0.15) is 36.2 Å². The largest absolute Gasteiger partial charge is 0.447 e. The number of amides is 2. The van der Waals surface area contributed by atoms with Gasteiger partial charge in [0, 0.05) is 45.3 Å². The summed E-state index contributed by atoms with van der Waals surface area (Å²) < 4.78 is 11.4. The highest BCUT2D eigenvalue weighted by Gasteiger charge is 2.32. The number of nitrogens with zero attached hydrogens (tertiary/aromatic N) is 4. The van der Waals surface area contributed by atoms with Crippen LogP contribution in [0.4, 0.5) is 17.3 Å². The number of halogens is 1. The van der Waals surface area contributed by atoms with Crippen LogP contribution in [-0.4, -0.2) is 73.1 Å². The third-order valence-electron chi connectivity index (χ3n) is 7.03. The first-order valence-corrected chi connectivity index (χ1v) is 12.9. The summed E-state index contributed by atoms with van der Waals surface area (Å²) in [7, 11) is 3.75. The lowest BCUT2D eigenvalue weighted by atomic mass is 9.84. The molecule has 37 heavy (non-hydrogen) atoms. The Bertz CT molecular complexity index is 1260. The second-order valence-corrected chi connectivity index (χ2v) is 10.1. The van der Waals surface area contributed by atoms with E-state index in [1.165, 1.54) is 6.20 Å². The maximum atomic E-state index is 13.4. The van der Waals surface area contributed by atoms with Gasteiger partial charge in [0.25, 0.3) is 5.91 Å². The van der Waals surface area contributed by atoms with Gasteiger partial charge in [-0.15, -0.1) is 0 Å². The summed E-state index contributed by atoms with van der Waals surface area (Å²) in [6, 6.07) is 7.26. The summed E-state index contributed by atoms with van der Waals surface area (Å²) in [6.07, 6.45) is 4.94. The molecule has 0 atom stereocenters. The number of nitrogens with one attached hydrogen (secondary N) is 2. The molecule has 1 aliphatic carbocycles. The minimum Gasteiger partial charge on any atom is -0.447 e. The molecule has 2 amide bonds. The van der Waals surface area contributed by atoms with Crippen LogP contribution in [0, 0.1) is 5.92 Å². The van der Waals surface area contributed by atoms with Crippen LogP contribution in [0.25, 0.3) is 11.1 Å². The third-order valence-corrected chi connectivity index (χ3v) is 7.25. The van der Waals surface area contributed by atoms with Gasteiger partial charge in [0.2, 0.25) is 11.7 Å². The van der Waals surface area contributed by atoms with E-state index in [-0.39, 0.29) is 23.3 Å². The Balaban J connectivity index is 1.36. The van der Waals surface area contributed by atoms with Gasteiger partial charge in [-0.2, -0.15) is 0 Å². The molecule has 2 aliphatic rings. The number of anilines is 3. The molecule has 0 bridgehead atoms. The number of morpholine rings is 1. The van der Waals surface area contributed by atoms with E-state index in [9.17, 15) is 9.59 Å². The number of pyridine rings is 2. The monoisotopic (exact) mass is 526 g/mol. The van der Waals surface area contributed by atoms with Crippen molar-refractivity contribution in [3.05, 3.63) is 41.2 Å². The molecule has 0 radical (unpaired) electrons. The fourth-order valence-electron chi connectivity index (χ4n) is 4.98. The van der Waals surface area contributed by atoms with Crippen LogP contribution in [0.15, 0.2) is 34.9 Å². The third kappa shape index (κ3) is 5.71. The normalized spacial score (nSPS) is 20.5. The number of ether oxygens (including phenoxy) is 1. The molecule has 0 spiro atoms. The summed E-state index contributed by atoms with van der Waals surface area (Å²) in [5, 5.41) is 6.16. The quantitative estimate of drug-likeness (QED) is 0.495. The number of furan rings is 1. The zero-order valence-electron chi connectivity index (χ0n) is 21.0. The summed E-state index contributed by atoms with van der Waals surface area (Å²) in [4.78, 5) is 39.7. The van der Waals surface area contributed by atoms with Gasteiger partial charge in [-0.1, -0.05) is 11.6 Å². The van der Waals surface area contributed by atoms with Gasteiger partial charge >= 0.3 is 0 Å². The minimum atomic E-state index is -0.537. The van der Waals surface area contributed by atoms with Crippen LogP contribution in [0.5, 0.6) is 0 Å². The average Bonchev–Trinajstić information content (AvgIpc) is 3.28. The molecule has 1 aliphatic heterocycles. The van der Waals surface area contributed by atoms with Crippen molar-refractivity contribution >= 4 is 51.8 Å². The summed E-state index contributed by atoms with van der Waals surface area (Å²) in [5.41, 5.74) is 1.10. The van der Waals surface area contributed by atoms with E-state index in [4.69, 9.17) is 20.8 Å². The maximum absolute atomic E-state index is 13.4. The number of carbonyl (C=O) groups excluding carboxylic acids is 2. The molecule has 0 aromatic carbocycles. The molecule has 2 fully saturated rings. The topological polar surface area (TPSA) is 113 Å². The van der Waals surface area contributed by atoms with Crippen LogP contribution in [-0.2, 0) is 9.53 Å². The molecular weight excluding hydrogens is 496 g/mol. The van der Waals surface area contributed by atoms with E-state index in [1.807, 2.05) is 19.0 Å². The van der Waals surface area contributed by atoms with Crippen molar-refractivity contribution in [3.8, 4) is 0 Å². The molecular formula is C26H31ClN6O4. The molecule has 1 saturated carbocycles. The Kier molecular flexibility index (Phi) is 7.59. The zero-order valence-corrected chi connectivity index (χ0v) is 21.8. The molecule has 5 rings (SSSR count). The predicted molar refractivity (Wildman–Crippen MR) is 142 cm³/mol. The summed E-state index contributed by atoms with van der Waals surface area (Å²) >= 11 is 5.91. The Morgan fingerprint density at radius 3 is 2.49 bits per heavy atom. The second-order valence-electron chi connectivity index (χ2n) is 9.68. The van der Waals surface area contributed by atoms with Crippen molar-refractivity contribution in [1.82, 2.24) is 14.9 Å². The Morgan fingerprint density at radius 2 is 1.81 bits per heavy atom. The first kappa shape index (κ1) is 25.4. The van der Waals surface area contributed by atoms with Gasteiger partial charge in [0.05, 0.1) is 18.2 Å². The van der Waals surface area contributed by atoms with Crippen molar-refractivity contribution in [1.29, 1.82) is 0 Å². The first-order valence-electron chi connectivity index (χ1n) is 12.6. The second kappa shape index (κ2) is 11.0. The van der Waals surface area contributed by atoms with Crippen LogP contribution >= 0.6 is 11.6 Å². The Hall–Kier alpha value is -3.21. The van der Waals surface area contributed by atoms with E-state index in [1.54, 1.807) is 24.3 Å². The lowest BCUT2D eigenvalue weighted by Gasteiger charge is -2.38. The molecule has 196 valence electrons. The molecule has 1 saturated heterocycles. The summed E-state index contributed by atoms with van der Waals surface area (Å²) in [6.45, 7) is 3.44. The van der Waals surface area contributed by atoms with Crippen LogP contribution in [0.3, 0.4) is 0 Å². The highest BCUT2D eigenvalue weighted by molar-refractivity contribution is 6.30.